The van der Waals surface area contributed by atoms with Crippen molar-refractivity contribution < 1.29 is 9.90 Å². The molecule has 3 N–H and O–H groups in total. The van der Waals surface area contributed by atoms with Gasteiger partial charge in [-0.15, -0.1) is 11.8 Å². The first-order chi connectivity index (χ1) is 10.4. The fraction of sp³-hybridized carbons (Fsp3) is 0.500. The fourth-order valence-electron chi connectivity index (χ4n) is 3.76. The van der Waals surface area contributed by atoms with Crippen LogP contribution in [0.2, 0.25) is 0 Å². The Morgan fingerprint density at radius 2 is 2.14 bits per heavy atom. The van der Waals surface area contributed by atoms with Crippen molar-refractivity contribution in [1.29, 1.82) is 0 Å². The van der Waals surface area contributed by atoms with E-state index in [0.717, 1.165) is 28.9 Å². The van der Waals surface area contributed by atoms with Gasteiger partial charge in [-0.25, -0.2) is 4.79 Å². The summed E-state index contributed by atoms with van der Waals surface area (Å²) in [5.41, 5.74) is 8.74. The Balaban J connectivity index is 2.08. The van der Waals surface area contributed by atoms with Crippen molar-refractivity contribution >= 4 is 22.6 Å². The topological polar surface area (TPSA) is 63.3 Å². The molecule has 1 aromatic carbocycles. The molecule has 1 aliphatic heterocycles. The number of aliphatic carboxylic acids is 1. The third-order valence-electron chi connectivity index (χ3n) is 4.92. The Kier molecular flexibility index (Phi) is 4.08. The maximum absolute atomic E-state index is 11.9. The number of hydrogen-bond acceptors (Lipinski definition) is 3. The second-order valence-electron chi connectivity index (χ2n) is 7.08. The van der Waals surface area contributed by atoms with Gasteiger partial charge in [-0.3, -0.25) is 0 Å². The van der Waals surface area contributed by atoms with Gasteiger partial charge in [0.1, 0.15) is 0 Å². The van der Waals surface area contributed by atoms with Gasteiger partial charge in [-0.1, -0.05) is 38.1 Å². The van der Waals surface area contributed by atoms with Gasteiger partial charge in [0.05, 0.1) is 5.57 Å². The molecule has 4 heteroatoms. The quantitative estimate of drug-likeness (QED) is 0.888. The molecule has 118 valence electrons. The molecule has 0 aromatic heterocycles. The molecule has 1 saturated carbocycles. The van der Waals surface area contributed by atoms with Gasteiger partial charge in [-0.2, -0.15) is 0 Å². The molecule has 2 unspecified atom stereocenters. The lowest BCUT2D eigenvalue weighted by atomic mass is 9.69. The third kappa shape index (κ3) is 2.70. The summed E-state index contributed by atoms with van der Waals surface area (Å²) in [6.07, 6.45) is 3.22. The maximum Gasteiger partial charge on any atom is 0.333 e. The van der Waals surface area contributed by atoms with Crippen molar-refractivity contribution in [2.45, 2.75) is 44.9 Å². The average molecular weight is 317 g/mol. The lowest BCUT2D eigenvalue weighted by Gasteiger charge is -2.37. The van der Waals surface area contributed by atoms with Crippen LogP contribution >= 0.6 is 11.8 Å². The van der Waals surface area contributed by atoms with Gasteiger partial charge in [0.15, 0.2) is 0 Å². The number of carboxylic acid groups (broad SMARTS) is 1. The molecule has 1 aromatic rings. The Hall–Kier alpha value is -1.26. The van der Waals surface area contributed by atoms with Crippen LogP contribution in [-0.2, 0) is 11.3 Å². The molecule has 0 radical (unpaired) electrons. The smallest absolute Gasteiger partial charge is 0.333 e. The Morgan fingerprint density at radius 1 is 1.41 bits per heavy atom. The predicted molar refractivity (Wildman–Crippen MR) is 91.4 cm³/mol. The second-order valence-corrected chi connectivity index (χ2v) is 8.33. The highest BCUT2D eigenvalue weighted by atomic mass is 32.2. The van der Waals surface area contributed by atoms with Crippen LogP contribution in [0.3, 0.4) is 0 Å². The minimum atomic E-state index is -0.764. The van der Waals surface area contributed by atoms with Crippen molar-refractivity contribution in [1.82, 2.24) is 0 Å². The summed E-state index contributed by atoms with van der Waals surface area (Å²) in [4.78, 5) is 12.9. The summed E-state index contributed by atoms with van der Waals surface area (Å²) in [7, 11) is 0. The number of rotatable bonds is 3. The van der Waals surface area contributed by atoms with Crippen molar-refractivity contribution in [3.05, 3.63) is 41.0 Å². The van der Waals surface area contributed by atoms with Gasteiger partial charge in [0, 0.05) is 22.6 Å². The lowest BCUT2D eigenvalue weighted by Crippen LogP contribution is -2.32. The van der Waals surface area contributed by atoms with E-state index < -0.39 is 5.97 Å². The highest BCUT2D eigenvalue weighted by Gasteiger charge is 2.45. The van der Waals surface area contributed by atoms with E-state index in [-0.39, 0.29) is 11.3 Å². The number of benzene rings is 1. The zero-order valence-electron chi connectivity index (χ0n) is 13.1. The van der Waals surface area contributed by atoms with Crippen LogP contribution in [-0.4, -0.2) is 16.3 Å². The summed E-state index contributed by atoms with van der Waals surface area (Å²) < 4.78 is 0. The first-order valence-corrected chi connectivity index (χ1v) is 8.73. The Labute approximate surface area is 136 Å². The molecular formula is C18H23NO2S. The van der Waals surface area contributed by atoms with Gasteiger partial charge in [0.2, 0.25) is 0 Å². The number of carbonyl (C=O) groups is 1. The van der Waals surface area contributed by atoms with E-state index in [1.54, 1.807) is 11.8 Å². The second kappa shape index (κ2) is 5.74. The SMILES string of the molecule is CC1(C)CCC2SC(c3ccccc3CN)=C(C(=O)O)C2C1. The predicted octanol–water partition coefficient (Wildman–Crippen LogP) is 3.88. The van der Waals surface area contributed by atoms with Crippen LogP contribution in [0.25, 0.3) is 4.91 Å². The Morgan fingerprint density at radius 3 is 2.82 bits per heavy atom. The number of nitrogens with two attached hydrogens (primary N) is 1. The minimum absolute atomic E-state index is 0.159. The molecule has 0 saturated heterocycles. The molecule has 3 rings (SSSR count). The minimum Gasteiger partial charge on any atom is -0.478 e. The van der Waals surface area contributed by atoms with E-state index in [9.17, 15) is 9.90 Å². The molecule has 3 nitrogen and oxygen atoms in total. The van der Waals surface area contributed by atoms with E-state index in [4.69, 9.17) is 5.73 Å². The molecule has 1 heterocycles. The van der Waals surface area contributed by atoms with E-state index in [2.05, 4.69) is 13.8 Å². The van der Waals surface area contributed by atoms with E-state index in [1.165, 1.54) is 6.42 Å². The van der Waals surface area contributed by atoms with E-state index >= 15 is 0 Å². The van der Waals surface area contributed by atoms with E-state index in [1.807, 2.05) is 24.3 Å². The highest BCUT2D eigenvalue weighted by molar-refractivity contribution is 8.09. The highest BCUT2D eigenvalue weighted by Crippen LogP contribution is 2.56. The van der Waals surface area contributed by atoms with Crippen molar-refractivity contribution in [3.63, 3.8) is 0 Å². The lowest BCUT2D eigenvalue weighted by molar-refractivity contribution is -0.133. The van der Waals surface area contributed by atoms with Crippen LogP contribution in [0.4, 0.5) is 0 Å². The molecular weight excluding hydrogens is 294 g/mol. The molecule has 2 aliphatic rings. The van der Waals surface area contributed by atoms with Crippen molar-refractivity contribution in [2.75, 3.05) is 0 Å². The largest absolute Gasteiger partial charge is 0.478 e. The molecule has 0 spiro atoms. The molecule has 1 aliphatic carbocycles. The molecule has 1 fully saturated rings. The summed E-state index contributed by atoms with van der Waals surface area (Å²) in [5, 5.41) is 10.2. The fourth-order valence-corrected chi connectivity index (χ4v) is 5.39. The molecule has 22 heavy (non-hydrogen) atoms. The number of fused-ring (bicyclic) bond motifs is 1. The normalized spacial score (nSPS) is 26.9. The zero-order valence-corrected chi connectivity index (χ0v) is 14.0. The first kappa shape index (κ1) is 15.6. The Bertz CT molecular complexity index is 636. The van der Waals surface area contributed by atoms with Crippen LogP contribution in [0.1, 0.15) is 44.2 Å². The first-order valence-electron chi connectivity index (χ1n) is 7.85. The standard InChI is InChI=1S/C18H23NO2S/c1-18(2)8-7-14-13(9-18)15(17(20)21)16(22-14)12-6-4-3-5-11(12)10-19/h3-6,13-14H,7-10,19H2,1-2H3,(H,20,21). The summed E-state index contributed by atoms with van der Waals surface area (Å²) in [6, 6.07) is 7.93. The van der Waals surface area contributed by atoms with Gasteiger partial charge in [-0.05, 0) is 35.8 Å². The maximum atomic E-state index is 11.9. The molecule has 0 amide bonds. The zero-order chi connectivity index (χ0) is 15.9. The summed E-state index contributed by atoms with van der Waals surface area (Å²) in [5.74, 6) is -0.605. The number of hydrogen-bond donors (Lipinski definition) is 2. The van der Waals surface area contributed by atoms with Gasteiger partial charge >= 0.3 is 5.97 Å². The van der Waals surface area contributed by atoms with E-state index in [0.29, 0.717) is 17.4 Å². The van der Waals surface area contributed by atoms with Crippen LogP contribution in [0.5, 0.6) is 0 Å². The van der Waals surface area contributed by atoms with Crippen LogP contribution in [0.15, 0.2) is 29.8 Å². The molecule has 2 atom stereocenters. The number of carboxylic acids is 1. The van der Waals surface area contributed by atoms with Gasteiger partial charge < -0.3 is 10.8 Å². The monoisotopic (exact) mass is 317 g/mol. The van der Waals surface area contributed by atoms with Gasteiger partial charge in [0.25, 0.3) is 0 Å². The molecule has 0 bridgehead atoms. The van der Waals surface area contributed by atoms with Crippen LogP contribution in [0, 0.1) is 11.3 Å². The average Bonchev–Trinajstić information content (AvgIpc) is 2.84. The summed E-state index contributed by atoms with van der Waals surface area (Å²) >= 11 is 1.76. The number of thioether (sulfide) groups is 1. The third-order valence-corrected chi connectivity index (χ3v) is 6.47. The van der Waals surface area contributed by atoms with Crippen molar-refractivity contribution in [3.8, 4) is 0 Å². The summed E-state index contributed by atoms with van der Waals surface area (Å²) in [6.45, 7) is 4.94. The van der Waals surface area contributed by atoms with Crippen molar-refractivity contribution in [2.24, 2.45) is 17.1 Å². The van der Waals surface area contributed by atoms with Crippen LogP contribution < -0.4 is 5.73 Å².